The number of hydrogen-bond donors (Lipinski definition) is 1. The molecule has 0 radical (unpaired) electrons. The third-order valence-corrected chi connectivity index (χ3v) is 3.94. The highest BCUT2D eigenvalue weighted by atomic mass is 32.2. The first-order valence-corrected chi connectivity index (χ1v) is 7.24. The number of nitrogens with one attached hydrogen (secondary N) is 1. The van der Waals surface area contributed by atoms with Crippen molar-refractivity contribution in [3.05, 3.63) is 0 Å². The summed E-state index contributed by atoms with van der Waals surface area (Å²) < 4.78 is 31.0. The summed E-state index contributed by atoms with van der Waals surface area (Å²) in [5.41, 5.74) is 0. The molecule has 0 aromatic rings. The van der Waals surface area contributed by atoms with Gasteiger partial charge in [-0.2, -0.15) is 9.98 Å². The molecular formula is C10H18N2O3S. The van der Waals surface area contributed by atoms with Crippen LogP contribution in [0.1, 0.15) is 32.6 Å². The predicted molar refractivity (Wildman–Crippen MR) is 60.2 cm³/mol. The van der Waals surface area contributed by atoms with Crippen LogP contribution in [0.15, 0.2) is 0 Å². The molecule has 1 N–H and O–H groups in total. The monoisotopic (exact) mass is 246 g/mol. The molecule has 6 heteroatoms. The minimum Gasteiger partial charge on any atom is -0.377 e. The average molecular weight is 246 g/mol. The molecule has 0 aromatic heterocycles. The van der Waals surface area contributed by atoms with E-state index in [2.05, 4.69) is 4.72 Å². The zero-order valence-corrected chi connectivity index (χ0v) is 10.3. The van der Waals surface area contributed by atoms with Crippen LogP contribution in [0.3, 0.4) is 0 Å². The second kappa shape index (κ2) is 6.18. The molecule has 1 aliphatic heterocycles. The zero-order chi connectivity index (χ0) is 12.0. The number of ether oxygens (including phenoxy) is 1. The Bertz CT molecular complexity index is 342. The van der Waals surface area contributed by atoms with Gasteiger partial charge in [0, 0.05) is 6.61 Å². The van der Waals surface area contributed by atoms with Crippen molar-refractivity contribution < 1.29 is 13.2 Å². The van der Waals surface area contributed by atoms with E-state index in [1.807, 2.05) is 13.0 Å². The first-order valence-electron chi connectivity index (χ1n) is 5.58. The summed E-state index contributed by atoms with van der Waals surface area (Å²) in [5, 5.41) is 8.77. The molecule has 0 spiro atoms. The summed E-state index contributed by atoms with van der Waals surface area (Å²) in [6.07, 6.45) is 2.81. The van der Waals surface area contributed by atoms with Crippen molar-refractivity contribution in [3.63, 3.8) is 0 Å². The van der Waals surface area contributed by atoms with Crippen molar-refractivity contribution in [1.82, 2.24) is 4.72 Å². The molecule has 92 valence electrons. The first-order chi connectivity index (χ1) is 7.57. The quantitative estimate of drug-likeness (QED) is 0.751. The first kappa shape index (κ1) is 13.4. The number of rotatable bonds is 6. The van der Waals surface area contributed by atoms with Crippen molar-refractivity contribution in [1.29, 1.82) is 5.26 Å². The van der Waals surface area contributed by atoms with Gasteiger partial charge in [-0.3, -0.25) is 0 Å². The molecule has 1 rings (SSSR count). The summed E-state index contributed by atoms with van der Waals surface area (Å²) in [5.74, 6) is -0.0328. The maximum atomic E-state index is 11.7. The summed E-state index contributed by atoms with van der Waals surface area (Å²) in [6.45, 7) is 2.55. The van der Waals surface area contributed by atoms with Crippen LogP contribution in [0.5, 0.6) is 0 Å². The predicted octanol–water partition coefficient (Wildman–Crippen LogP) is 0.777. The van der Waals surface area contributed by atoms with Gasteiger partial charge in [-0.1, -0.05) is 13.3 Å². The van der Waals surface area contributed by atoms with Gasteiger partial charge in [0.1, 0.15) is 6.04 Å². The van der Waals surface area contributed by atoms with Gasteiger partial charge < -0.3 is 4.74 Å². The highest BCUT2D eigenvalue weighted by Crippen LogP contribution is 2.13. The lowest BCUT2D eigenvalue weighted by molar-refractivity contribution is 0.127. The van der Waals surface area contributed by atoms with Crippen molar-refractivity contribution >= 4 is 10.0 Å². The van der Waals surface area contributed by atoms with Gasteiger partial charge in [-0.15, -0.1) is 0 Å². The Kier molecular flexibility index (Phi) is 5.19. The Morgan fingerprint density at radius 1 is 1.62 bits per heavy atom. The second-order valence-electron chi connectivity index (χ2n) is 4.00. The normalized spacial score (nSPS) is 22.9. The van der Waals surface area contributed by atoms with E-state index in [9.17, 15) is 8.42 Å². The van der Waals surface area contributed by atoms with E-state index in [1.165, 1.54) is 0 Å². The molecule has 2 unspecified atom stereocenters. The maximum Gasteiger partial charge on any atom is 0.215 e. The highest BCUT2D eigenvalue weighted by molar-refractivity contribution is 7.89. The van der Waals surface area contributed by atoms with Crippen LogP contribution in [-0.4, -0.2) is 32.9 Å². The molecule has 1 heterocycles. The zero-order valence-electron chi connectivity index (χ0n) is 9.48. The Morgan fingerprint density at radius 2 is 2.38 bits per heavy atom. The van der Waals surface area contributed by atoms with E-state index < -0.39 is 16.1 Å². The maximum absolute atomic E-state index is 11.7. The molecule has 1 aliphatic rings. The van der Waals surface area contributed by atoms with Gasteiger partial charge in [-0.05, 0) is 19.3 Å². The second-order valence-corrected chi connectivity index (χ2v) is 5.80. The summed E-state index contributed by atoms with van der Waals surface area (Å²) in [4.78, 5) is 0. The van der Waals surface area contributed by atoms with Gasteiger partial charge in [0.25, 0.3) is 0 Å². The fraction of sp³-hybridized carbons (Fsp3) is 0.900. The molecule has 2 atom stereocenters. The lowest BCUT2D eigenvalue weighted by Crippen LogP contribution is -2.38. The van der Waals surface area contributed by atoms with Crippen LogP contribution in [0.4, 0.5) is 0 Å². The molecule has 0 aliphatic carbocycles. The standard InChI is InChI=1S/C10H18N2O3S/c1-2-4-9(7-11)12-16(13,14)8-10-5-3-6-15-10/h9-10,12H,2-6,8H2,1H3. The number of sulfonamides is 1. The molecule has 0 saturated carbocycles. The van der Waals surface area contributed by atoms with Crippen LogP contribution in [0.25, 0.3) is 0 Å². The van der Waals surface area contributed by atoms with Gasteiger partial charge in [0.05, 0.1) is 17.9 Å². The highest BCUT2D eigenvalue weighted by Gasteiger charge is 2.25. The molecule has 1 fully saturated rings. The summed E-state index contributed by atoms with van der Waals surface area (Å²) in [7, 11) is -3.40. The molecule has 16 heavy (non-hydrogen) atoms. The molecule has 5 nitrogen and oxygen atoms in total. The van der Waals surface area contributed by atoms with E-state index in [1.54, 1.807) is 0 Å². The largest absolute Gasteiger partial charge is 0.377 e. The minimum atomic E-state index is -3.40. The molecule has 0 bridgehead atoms. The van der Waals surface area contributed by atoms with E-state index >= 15 is 0 Å². The van der Waals surface area contributed by atoms with Gasteiger partial charge in [0.2, 0.25) is 10.0 Å². The third-order valence-electron chi connectivity index (χ3n) is 2.48. The van der Waals surface area contributed by atoms with Crippen molar-refractivity contribution in [2.75, 3.05) is 12.4 Å². The molecule has 1 saturated heterocycles. The van der Waals surface area contributed by atoms with E-state index in [0.717, 1.165) is 19.3 Å². The molecular weight excluding hydrogens is 228 g/mol. The van der Waals surface area contributed by atoms with Crippen molar-refractivity contribution in [2.24, 2.45) is 0 Å². The fourth-order valence-electron chi connectivity index (χ4n) is 1.72. The van der Waals surface area contributed by atoms with Crippen LogP contribution in [0, 0.1) is 11.3 Å². The van der Waals surface area contributed by atoms with E-state index in [0.29, 0.717) is 13.0 Å². The average Bonchev–Trinajstić information content (AvgIpc) is 2.68. The fourth-order valence-corrected chi connectivity index (χ4v) is 3.18. The Labute approximate surface area is 96.8 Å². The third kappa shape index (κ3) is 4.47. The lowest BCUT2D eigenvalue weighted by Gasteiger charge is -2.14. The lowest BCUT2D eigenvalue weighted by atomic mass is 10.2. The Morgan fingerprint density at radius 3 is 2.88 bits per heavy atom. The van der Waals surface area contributed by atoms with Crippen molar-refractivity contribution in [3.8, 4) is 6.07 Å². The van der Waals surface area contributed by atoms with Crippen molar-refractivity contribution in [2.45, 2.75) is 44.8 Å². The number of nitriles is 1. The Balaban J connectivity index is 2.46. The number of hydrogen-bond acceptors (Lipinski definition) is 4. The summed E-state index contributed by atoms with van der Waals surface area (Å²) in [6, 6.07) is 1.34. The van der Waals surface area contributed by atoms with Gasteiger partial charge in [-0.25, -0.2) is 8.42 Å². The van der Waals surface area contributed by atoms with E-state index in [4.69, 9.17) is 10.00 Å². The SMILES string of the molecule is CCCC(C#N)NS(=O)(=O)CC1CCCO1. The van der Waals surface area contributed by atoms with Crippen LogP contribution in [0.2, 0.25) is 0 Å². The number of nitrogens with zero attached hydrogens (tertiary/aromatic N) is 1. The minimum absolute atomic E-state index is 0.0328. The van der Waals surface area contributed by atoms with Gasteiger partial charge in [0.15, 0.2) is 0 Å². The van der Waals surface area contributed by atoms with Crippen LogP contribution in [-0.2, 0) is 14.8 Å². The van der Waals surface area contributed by atoms with Crippen LogP contribution < -0.4 is 4.72 Å². The smallest absolute Gasteiger partial charge is 0.215 e. The topological polar surface area (TPSA) is 79.2 Å². The molecule has 0 amide bonds. The summed E-state index contributed by atoms with van der Waals surface area (Å²) >= 11 is 0. The Hall–Kier alpha value is -0.640. The molecule has 0 aromatic carbocycles. The van der Waals surface area contributed by atoms with E-state index in [-0.39, 0.29) is 11.9 Å². The van der Waals surface area contributed by atoms with Gasteiger partial charge >= 0.3 is 0 Å². The van der Waals surface area contributed by atoms with Crippen LogP contribution >= 0.6 is 0 Å².